The number of carbonyl (C=O) groups excluding carboxylic acids is 1. The van der Waals surface area contributed by atoms with Crippen molar-refractivity contribution in [1.29, 1.82) is 0 Å². The van der Waals surface area contributed by atoms with E-state index in [-0.39, 0.29) is 0 Å². The van der Waals surface area contributed by atoms with Crippen molar-refractivity contribution in [1.82, 2.24) is 4.90 Å². The second kappa shape index (κ2) is 6.58. The summed E-state index contributed by atoms with van der Waals surface area (Å²) in [6.45, 7) is 3.77. The first-order valence-corrected chi connectivity index (χ1v) is 7.14. The number of benzene rings is 1. The molecule has 0 aliphatic heterocycles. The number of likely N-dealkylation sites (N-methyl/N-ethyl adjacent to an activating group) is 1. The average molecular weight is 245 g/mol. The van der Waals surface area contributed by atoms with Gasteiger partial charge in [-0.1, -0.05) is 43.2 Å². The normalized spacial score (nSPS) is 15.8. The maximum Gasteiger partial charge on any atom is 0.225 e. The molecule has 0 heterocycles. The highest BCUT2D eigenvalue weighted by Gasteiger charge is 2.26. The van der Waals surface area contributed by atoms with Crippen LogP contribution < -0.4 is 0 Å². The van der Waals surface area contributed by atoms with Crippen molar-refractivity contribution in [3.05, 3.63) is 35.9 Å². The lowest BCUT2D eigenvalue weighted by Gasteiger charge is -2.24. The number of nitrogens with zero attached hydrogens (tertiary/aromatic N) is 1. The average Bonchev–Trinajstić information content (AvgIpc) is 2.94. The Hall–Kier alpha value is -1.31. The van der Waals surface area contributed by atoms with E-state index in [0.717, 1.165) is 32.4 Å². The van der Waals surface area contributed by atoms with Crippen molar-refractivity contribution in [2.75, 3.05) is 13.1 Å². The third-order valence-corrected chi connectivity index (χ3v) is 3.91. The Balaban J connectivity index is 1.87. The lowest BCUT2D eigenvalue weighted by Crippen LogP contribution is -2.36. The minimum atomic E-state index is 0.306. The van der Waals surface area contributed by atoms with Crippen LogP contribution in [0, 0.1) is 5.92 Å². The van der Waals surface area contributed by atoms with Gasteiger partial charge in [-0.2, -0.15) is 0 Å². The van der Waals surface area contributed by atoms with Gasteiger partial charge in [0, 0.05) is 19.0 Å². The van der Waals surface area contributed by atoms with Crippen molar-refractivity contribution < 1.29 is 4.79 Å². The molecular formula is C16H23NO. The molecule has 1 saturated carbocycles. The van der Waals surface area contributed by atoms with Gasteiger partial charge in [0.15, 0.2) is 0 Å². The van der Waals surface area contributed by atoms with Crippen molar-refractivity contribution in [2.24, 2.45) is 5.92 Å². The minimum Gasteiger partial charge on any atom is -0.342 e. The molecule has 0 atom stereocenters. The van der Waals surface area contributed by atoms with Crippen LogP contribution in [0.25, 0.3) is 0 Å². The van der Waals surface area contributed by atoms with Gasteiger partial charge in [0.25, 0.3) is 0 Å². The molecule has 1 aromatic carbocycles. The fraction of sp³-hybridized carbons (Fsp3) is 0.562. The Morgan fingerprint density at radius 3 is 2.50 bits per heavy atom. The van der Waals surface area contributed by atoms with Gasteiger partial charge in [-0.25, -0.2) is 0 Å². The van der Waals surface area contributed by atoms with Crippen LogP contribution in [0.5, 0.6) is 0 Å². The molecular weight excluding hydrogens is 222 g/mol. The summed E-state index contributed by atoms with van der Waals surface area (Å²) in [5, 5.41) is 0. The second-order valence-corrected chi connectivity index (χ2v) is 5.13. The van der Waals surface area contributed by atoms with Crippen LogP contribution in [0.2, 0.25) is 0 Å². The highest BCUT2D eigenvalue weighted by atomic mass is 16.2. The van der Waals surface area contributed by atoms with E-state index in [2.05, 4.69) is 31.2 Å². The molecule has 0 spiro atoms. The first-order chi connectivity index (χ1) is 8.81. The molecule has 1 aliphatic rings. The molecule has 1 amide bonds. The van der Waals surface area contributed by atoms with Crippen molar-refractivity contribution in [3.8, 4) is 0 Å². The molecule has 0 unspecified atom stereocenters. The molecule has 18 heavy (non-hydrogen) atoms. The molecule has 0 bridgehead atoms. The van der Waals surface area contributed by atoms with Crippen molar-refractivity contribution >= 4 is 5.91 Å². The van der Waals surface area contributed by atoms with E-state index < -0.39 is 0 Å². The molecule has 1 fully saturated rings. The predicted octanol–water partition coefficient (Wildman–Crippen LogP) is 3.27. The van der Waals surface area contributed by atoms with Crippen LogP contribution in [0.1, 0.15) is 38.2 Å². The topological polar surface area (TPSA) is 20.3 Å². The molecule has 0 N–H and O–H groups in total. The molecule has 2 nitrogen and oxygen atoms in total. The summed E-state index contributed by atoms with van der Waals surface area (Å²) in [5.74, 6) is 0.687. The van der Waals surface area contributed by atoms with Crippen LogP contribution in [0.3, 0.4) is 0 Å². The summed E-state index contributed by atoms with van der Waals surface area (Å²) in [4.78, 5) is 14.4. The van der Waals surface area contributed by atoms with E-state index in [1.54, 1.807) is 0 Å². The first-order valence-electron chi connectivity index (χ1n) is 7.14. The standard InChI is InChI=1S/C16H23NO/c1-2-17(16(18)15-10-6-7-11-15)13-12-14-8-4-3-5-9-14/h3-5,8-9,15H,2,6-7,10-13H2,1H3. The SMILES string of the molecule is CCN(CCc1ccccc1)C(=O)C1CCCC1. The quantitative estimate of drug-likeness (QED) is 0.779. The number of carbonyl (C=O) groups is 1. The molecule has 2 heteroatoms. The maximum atomic E-state index is 12.3. The summed E-state index contributed by atoms with van der Waals surface area (Å²) in [6, 6.07) is 10.4. The van der Waals surface area contributed by atoms with Gasteiger partial charge < -0.3 is 4.90 Å². The fourth-order valence-electron chi connectivity index (χ4n) is 2.76. The minimum absolute atomic E-state index is 0.306. The maximum absolute atomic E-state index is 12.3. The molecule has 0 aromatic heterocycles. The zero-order valence-electron chi connectivity index (χ0n) is 11.3. The largest absolute Gasteiger partial charge is 0.342 e. The highest BCUT2D eigenvalue weighted by Crippen LogP contribution is 2.26. The second-order valence-electron chi connectivity index (χ2n) is 5.13. The number of hydrogen-bond acceptors (Lipinski definition) is 1. The summed E-state index contributed by atoms with van der Waals surface area (Å²) in [6.07, 6.45) is 5.62. The Kier molecular flexibility index (Phi) is 4.80. The molecule has 2 rings (SSSR count). The Labute approximate surface area is 110 Å². The van der Waals surface area contributed by atoms with E-state index in [0.29, 0.717) is 11.8 Å². The molecule has 1 aliphatic carbocycles. The third-order valence-electron chi connectivity index (χ3n) is 3.91. The number of rotatable bonds is 5. The van der Waals surface area contributed by atoms with Crippen LogP contribution in [-0.4, -0.2) is 23.9 Å². The number of hydrogen-bond donors (Lipinski definition) is 0. The summed E-state index contributed by atoms with van der Waals surface area (Å²) in [7, 11) is 0. The van der Waals surface area contributed by atoms with Gasteiger partial charge in [-0.05, 0) is 31.7 Å². The summed E-state index contributed by atoms with van der Waals surface area (Å²) in [5.41, 5.74) is 1.31. The van der Waals surface area contributed by atoms with E-state index in [1.165, 1.54) is 18.4 Å². The van der Waals surface area contributed by atoms with Gasteiger partial charge in [0.2, 0.25) is 5.91 Å². The van der Waals surface area contributed by atoms with Gasteiger partial charge in [0.1, 0.15) is 0 Å². The van der Waals surface area contributed by atoms with Crippen molar-refractivity contribution in [3.63, 3.8) is 0 Å². The Morgan fingerprint density at radius 2 is 1.89 bits per heavy atom. The van der Waals surface area contributed by atoms with E-state index in [4.69, 9.17) is 0 Å². The lowest BCUT2D eigenvalue weighted by atomic mass is 10.1. The highest BCUT2D eigenvalue weighted by molar-refractivity contribution is 5.79. The van der Waals surface area contributed by atoms with E-state index in [1.807, 2.05) is 11.0 Å². The Bertz CT molecular complexity index is 368. The third kappa shape index (κ3) is 3.34. The van der Waals surface area contributed by atoms with Crippen LogP contribution in [0.4, 0.5) is 0 Å². The van der Waals surface area contributed by atoms with Gasteiger partial charge in [-0.15, -0.1) is 0 Å². The van der Waals surface area contributed by atoms with Crippen LogP contribution in [-0.2, 0) is 11.2 Å². The molecule has 0 radical (unpaired) electrons. The van der Waals surface area contributed by atoms with Crippen molar-refractivity contribution in [2.45, 2.75) is 39.0 Å². The smallest absolute Gasteiger partial charge is 0.225 e. The molecule has 1 aromatic rings. The lowest BCUT2D eigenvalue weighted by molar-refractivity contribution is -0.135. The first kappa shape index (κ1) is 13.1. The summed E-state index contributed by atoms with van der Waals surface area (Å²) < 4.78 is 0. The van der Waals surface area contributed by atoms with Crippen LogP contribution in [0.15, 0.2) is 30.3 Å². The zero-order chi connectivity index (χ0) is 12.8. The van der Waals surface area contributed by atoms with Gasteiger partial charge in [-0.3, -0.25) is 4.79 Å². The molecule has 0 saturated heterocycles. The Morgan fingerprint density at radius 1 is 1.22 bits per heavy atom. The fourth-order valence-corrected chi connectivity index (χ4v) is 2.76. The predicted molar refractivity (Wildman–Crippen MR) is 74.4 cm³/mol. The zero-order valence-corrected chi connectivity index (χ0v) is 11.3. The van der Waals surface area contributed by atoms with Crippen LogP contribution >= 0.6 is 0 Å². The molecule has 98 valence electrons. The van der Waals surface area contributed by atoms with Gasteiger partial charge in [0.05, 0.1) is 0 Å². The van der Waals surface area contributed by atoms with Gasteiger partial charge >= 0.3 is 0 Å². The van der Waals surface area contributed by atoms with E-state index >= 15 is 0 Å². The summed E-state index contributed by atoms with van der Waals surface area (Å²) >= 11 is 0. The monoisotopic (exact) mass is 245 g/mol. The number of amides is 1. The van der Waals surface area contributed by atoms with E-state index in [9.17, 15) is 4.79 Å².